The molecule has 1 aliphatic heterocycles. The number of halogens is 1. The second kappa shape index (κ2) is 11.2. The van der Waals surface area contributed by atoms with Crippen LogP contribution < -0.4 is 15.0 Å². The van der Waals surface area contributed by atoms with Crippen LogP contribution in [-0.4, -0.2) is 51.4 Å². The first-order chi connectivity index (χ1) is 15.4. The summed E-state index contributed by atoms with van der Waals surface area (Å²) in [7, 11) is 0. The Morgan fingerprint density at radius 2 is 1.81 bits per heavy atom. The van der Waals surface area contributed by atoms with Crippen molar-refractivity contribution in [3.8, 4) is 5.75 Å². The van der Waals surface area contributed by atoms with Gasteiger partial charge in [-0.15, -0.1) is 0 Å². The predicted molar refractivity (Wildman–Crippen MR) is 125 cm³/mol. The zero-order valence-electron chi connectivity index (χ0n) is 18.7. The molecule has 172 valence electrons. The van der Waals surface area contributed by atoms with Crippen molar-refractivity contribution in [2.24, 2.45) is 0 Å². The highest BCUT2D eigenvalue weighted by molar-refractivity contribution is 6.32. The van der Waals surface area contributed by atoms with E-state index in [4.69, 9.17) is 25.8 Å². The normalized spacial score (nSPS) is 13.6. The van der Waals surface area contributed by atoms with Crippen LogP contribution in [0.25, 0.3) is 0 Å². The largest absolute Gasteiger partial charge is 0.484 e. The maximum Gasteiger partial charge on any atom is 0.340 e. The molecule has 0 aromatic heterocycles. The number of nitrogens with zero attached hydrogens (tertiary/aromatic N) is 1. The van der Waals surface area contributed by atoms with Gasteiger partial charge in [0.25, 0.3) is 5.91 Å². The number of hydrogen-bond acceptors (Lipinski definition) is 6. The van der Waals surface area contributed by atoms with Gasteiger partial charge in [0.15, 0.2) is 6.61 Å². The molecule has 0 aliphatic carbocycles. The fourth-order valence-electron chi connectivity index (χ4n) is 3.47. The van der Waals surface area contributed by atoms with Crippen LogP contribution >= 0.6 is 11.6 Å². The van der Waals surface area contributed by atoms with Gasteiger partial charge in [-0.2, -0.15) is 0 Å². The highest BCUT2D eigenvalue weighted by atomic mass is 35.5. The van der Waals surface area contributed by atoms with Gasteiger partial charge in [0, 0.05) is 23.8 Å². The van der Waals surface area contributed by atoms with Gasteiger partial charge >= 0.3 is 5.97 Å². The number of morpholine rings is 1. The summed E-state index contributed by atoms with van der Waals surface area (Å²) in [6.07, 6.45) is 0.732. The monoisotopic (exact) mass is 460 g/mol. The number of rotatable bonds is 8. The molecule has 1 fully saturated rings. The number of benzene rings is 2. The van der Waals surface area contributed by atoms with E-state index in [0.29, 0.717) is 54.9 Å². The molecule has 32 heavy (non-hydrogen) atoms. The summed E-state index contributed by atoms with van der Waals surface area (Å²) in [5.74, 6) is -0.166. The third-order valence-corrected chi connectivity index (χ3v) is 5.67. The van der Waals surface area contributed by atoms with E-state index in [0.717, 1.165) is 23.2 Å². The number of anilines is 2. The van der Waals surface area contributed by atoms with Gasteiger partial charge in [-0.25, -0.2) is 4.79 Å². The first kappa shape index (κ1) is 23.9. The first-order valence-corrected chi connectivity index (χ1v) is 11.1. The zero-order valence-corrected chi connectivity index (χ0v) is 19.5. The molecule has 1 aliphatic rings. The number of hydrogen-bond donors (Lipinski definition) is 1. The summed E-state index contributed by atoms with van der Waals surface area (Å²) in [5.41, 5.74) is 3.47. The van der Waals surface area contributed by atoms with Gasteiger partial charge in [-0.05, 0) is 61.7 Å². The molecule has 0 unspecified atom stereocenters. The molecule has 0 bridgehead atoms. The summed E-state index contributed by atoms with van der Waals surface area (Å²) in [5, 5.41) is 3.48. The lowest BCUT2D eigenvalue weighted by Gasteiger charge is -2.30. The van der Waals surface area contributed by atoms with Gasteiger partial charge in [-0.1, -0.05) is 18.5 Å². The molecule has 0 spiro atoms. The standard InChI is InChI=1S/C24H29ClN2O5/c1-4-9-31-24(29)20-14-18(5-6-21(20)27-7-10-30-11-8-27)26-22(28)15-32-19-12-16(2)23(25)17(3)13-19/h5-6,12-14H,4,7-11,15H2,1-3H3,(H,26,28). The molecule has 2 aromatic carbocycles. The summed E-state index contributed by atoms with van der Waals surface area (Å²) in [4.78, 5) is 27.2. The molecule has 1 heterocycles. The summed E-state index contributed by atoms with van der Waals surface area (Å²) in [6.45, 7) is 8.46. The van der Waals surface area contributed by atoms with Crippen LogP contribution in [-0.2, 0) is 14.3 Å². The average Bonchev–Trinajstić information content (AvgIpc) is 2.80. The van der Waals surface area contributed by atoms with Crippen LogP contribution in [0.5, 0.6) is 5.75 Å². The molecule has 1 amide bonds. The molecule has 8 heteroatoms. The molecule has 1 saturated heterocycles. The van der Waals surface area contributed by atoms with Crippen molar-refractivity contribution >= 4 is 34.9 Å². The zero-order chi connectivity index (χ0) is 23.1. The number of carbonyl (C=O) groups is 2. The maximum absolute atomic E-state index is 12.7. The van der Waals surface area contributed by atoms with Crippen molar-refractivity contribution in [1.29, 1.82) is 0 Å². The molecule has 0 radical (unpaired) electrons. The van der Waals surface area contributed by atoms with Crippen molar-refractivity contribution in [2.75, 3.05) is 49.7 Å². The summed E-state index contributed by atoms with van der Waals surface area (Å²) in [6, 6.07) is 8.84. The fraction of sp³-hybridized carbons (Fsp3) is 0.417. The van der Waals surface area contributed by atoms with Gasteiger partial charge in [0.05, 0.1) is 31.1 Å². The van der Waals surface area contributed by atoms with Crippen molar-refractivity contribution in [3.05, 3.63) is 52.0 Å². The fourth-order valence-corrected chi connectivity index (χ4v) is 3.57. The minimum Gasteiger partial charge on any atom is -0.484 e. The highest BCUT2D eigenvalue weighted by Crippen LogP contribution is 2.27. The Bertz CT molecular complexity index is 950. The lowest BCUT2D eigenvalue weighted by molar-refractivity contribution is -0.118. The third-order valence-electron chi connectivity index (χ3n) is 5.07. The van der Waals surface area contributed by atoms with Crippen LogP contribution in [0, 0.1) is 13.8 Å². The van der Waals surface area contributed by atoms with E-state index in [-0.39, 0.29) is 12.5 Å². The number of ether oxygens (including phenoxy) is 3. The van der Waals surface area contributed by atoms with E-state index >= 15 is 0 Å². The SMILES string of the molecule is CCCOC(=O)c1cc(NC(=O)COc2cc(C)c(Cl)c(C)c2)ccc1N1CCOCC1. The maximum atomic E-state index is 12.7. The van der Waals surface area contributed by atoms with Crippen molar-refractivity contribution in [1.82, 2.24) is 0 Å². The van der Waals surface area contributed by atoms with Gasteiger partial charge < -0.3 is 24.4 Å². The smallest absolute Gasteiger partial charge is 0.340 e. The highest BCUT2D eigenvalue weighted by Gasteiger charge is 2.21. The summed E-state index contributed by atoms with van der Waals surface area (Å²) >= 11 is 6.18. The van der Waals surface area contributed by atoms with E-state index < -0.39 is 5.97 Å². The van der Waals surface area contributed by atoms with Gasteiger partial charge in [0.1, 0.15) is 5.75 Å². The lowest BCUT2D eigenvalue weighted by atomic mass is 10.1. The Kier molecular flexibility index (Phi) is 8.36. The second-order valence-electron chi connectivity index (χ2n) is 7.68. The molecule has 3 rings (SSSR count). The van der Waals surface area contributed by atoms with Gasteiger partial charge in [0.2, 0.25) is 0 Å². The number of amides is 1. The van der Waals surface area contributed by atoms with Crippen molar-refractivity contribution in [3.63, 3.8) is 0 Å². The lowest BCUT2D eigenvalue weighted by Crippen LogP contribution is -2.37. The minimum absolute atomic E-state index is 0.165. The van der Waals surface area contributed by atoms with Crippen LogP contribution in [0.4, 0.5) is 11.4 Å². The number of esters is 1. The molecular formula is C24H29ClN2O5. The van der Waals surface area contributed by atoms with E-state index in [9.17, 15) is 9.59 Å². The second-order valence-corrected chi connectivity index (χ2v) is 8.05. The van der Waals surface area contributed by atoms with Crippen LogP contribution in [0.1, 0.15) is 34.8 Å². The van der Waals surface area contributed by atoms with Crippen LogP contribution in [0.3, 0.4) is 0 Å². The Labute approximate surface area is 193 Å². The Hall–Kier alpha value is -2.77. The summed E-state index contributed by atoms with van der Waals surface area (Å²) < 4.78 is 16.4. The molecule has 1 N–H and O–H groups in total. The minimum atomic E-state index is -0.409. The van der Waals surface area contributed by atoms with Crippen LogP contribution in [0.15, 0.2) is 30.3 Å². The Balaban J connectivity index is 1.71. The van der Waals surface area contributed by atoms with Gasteiger partial charge in [-0.3, -0.25) is 4.79 Å². The van der Waals surface area contributed by atoms with E-state index in [1.807, 2.05) is 26.8 Å². The number of aryl methyl sites for hydroxylation is 2. The Morgan fingerprint density at radius 3 is 2.47 bits per heavy atom. The quantitative estimate of drug-likeness (QED) is 0.589. The molecular weight excluding hydrogens is 432 g/mol. The first-order valence-electron chi connectivity index (χ1n) is 10.7. The van der Waals surface area contributed by atoms with Crippen LogP contribution in [0.2, 0.25) is 5.02 Å². The predicted octanol–water partition coefficient (Wildman–Crippen LogP) is 4.38. The third kappa shape index (κ3) is 6.14. The topological polar surface area (TPSA) is 77.1 Å². The Morgan fingerprint density at radius 1 is 1.12 bits per heavy atom. The molecule has 0 saturated carbocycles. The van der Waals surface area contributed by atoms with E-state index in [1.165, 1.54) is 0 Å². The van der Waals surface area contributed by atoms with E-state index in [1.54, 1.807) is 24.3 Å². The van der Waals surface area contributed by atoms with Crippen molar-refractivity contribution < 1.29 is 23.8 Å². The van der Waals surface area contributed by atoms with Crippen molar-refractivity contribution in [2.45, 2.75) is 27.2 Å². The number of carbonyl (C=O) groups excluding carboxylic acids is 2. The molecule has 0 atom stereocenters. The molecule has 7 nitrogen and oxygen atoms in total. The number of nitrogens with one attached hydrogen (secondary N) is 1. The molecule has 2 aromatic rings. The van der Waals surface area contributed by atoms with E-state index in [2.05, 4.69) is 10.2 Å². The average molecular weight is 461 g/mol.